The molecule has 0 bridgehead atoms. The lowest BCUT2D eigenvalue weighted by atomic mass is 9.97. The molecule has 3 rings (SSSR count). The smallest absolute Gasteiger partial charge is 0.256 e. The fourth-order valence-corrected chi connectivity index (χ4v) is 2.74. The third kappa shape index (κ3) is 4.13. The van der Waals surface area contributed by atoms with Crippen LogP contribution in [0.4, 0.5) is 26.3 Å². The van der Waals surface area contributed by atoms with Crippen LogP contribution in [0.5, 0.6) is 0 Å². The number of benzene rings is 2. The van der Waals surface area contributed by atoms with Gasteiger partial charge in [0.05, 0.1) is 16.8 Å². The van der Waals surface area contributed by atoms with Crippen molar-refractivity contribution in [3.05, 3.63) is 77.5 Å². The third-order valence-electron chi connectivity index (χ3n) is 4.10. The Morgan fingerprint density at radius 1 is 0.704 bits per heavy atom. The Morgan fingerprint density at radius 2 is 1.30 bits per heavy atom. The highest BCUT2D eigenvalue weighted by molar-refractivity contribution is 5.72. The molecule has 3 aromatic rings. The molecule has 2 aromatic carbocycles. The van der Waals surface area contributed by atoms with Gasteiger partial charge in [-0.3, -0.25) is 4.98 Å². The van der Waals surface area contributed by atoms with E-state index < -0.39 is 23.5 Å². The van der Waals surface area contributed by atoms with Crippen LogP contribution in [0.2, 0.25) is 0 Å². The summed E-state index contributed by atoms with van der Waals surface area (Å²) in [7, 11) is 0. The zero-order chi connectivity index (χ0) is 19.8. The van der Waals surface area contributed by atoms with Crippen molar-refractivity contribution >= 4 is 0 Å². The van der Waals surface area contributed by atoms with Crippen LogP contribution < -0.4 is 0 Å². The van der Waals surface area contributed by atoms with Gasteiger partial charge in [0.2, 0.25) is 0 Å². The van der Waals surface area contributed by atoms with E-state index in [1.807, 2.05) is 19.1 Å². The normalized spacial score (nSPS) is 12.3. The van der Waals surface area contributed by atoms with E-state index in [1.165, 1.54) is 18.3 Å². The predicted molar refractivity (Wildman–Crippen MR) is 89.8 cm³/mol. The third-order valence-corrected chi connectivity index (χ3v) is 4.10. The van der Waals surface area contributed by atoms with E-state index in [9.17, 15) is 26.3 Å². The summed E-state index contributed by atoms with van der Waals surface area (Å²) in [5.74, 6) is 0. The van der Waals surface area contributed by atoms with Gasteiger partial charge in [-0.2, -0.15) is 26.3 Å². The second-order valence-corrected chi connectivity index (χ2v) is 6.04. The number of nitrogens with zero attached hydrogens (tertiary/aromatic N) is 1. The van der Waals surface area contributed by atoms with E-state index >= 15 is 0 Å². The minimum atomic E-state index is -4.89. The molecular formula is C20H13F6N. The zero-order valence-electron chi connectivity index (χ0n) is 14.0. The lowest BCUT2D eigenvalue weighted by Crippen LogP contribution is -2.11. The summed E-state index contributed by atoms with van der Waals surface area (Å²) < 4.78 is 78.4. The van der Waals surface area contributed by atoms with Crippen LogP contribution in [0.25, 0.3) is 22.4 Å². The number of halogens is 6. The van der Waals surface area contributed by atoms with Crippen LogP contribution in [0.15, 0.2) is 60.8 Å². The van der Waals surface area contributed by atoms with Crippen LogP contribution in [0, 0.1) is 6.92 Å². The van der Waals surface area contributed by atoms with Gasteiger partial charge in [0.15, 0.2) is 0 Å². The molecule has 0 aliphatic heterocycles. The number of hydrogen-bond donors (Lipinski definition) is 0. The first-order valence-electron chi connectivity index (χ1n) is 7.87. The van der Waals surface area contributed by atoms with Gasteiger partial charge in [0.25, 0.3) is 0 Å². The Kier molecular flexibility index (Phi) is 4.71. The molecule has 1 nitrogen and oxygen atoms in total. The molecule has 1 heterocycles. The van der Waals surface area contributed by atoms with Crippen LogP contribution in [-0.4, -0.2) is 4.98 Å². The van der Waals surface area contributed by atoms with Gasteiger partial charge in [0, 0.05) is 11.8 Å². The molecule has 140 valence electrons. The average molecular weight is 381 g/mol. The molecule has 7 heteroatoms. The summed E-state index contributed by atoms with van der Waals surface area (Å²) in [4.78, 5) is 4.19. The Labute approximate surface area is 151 Å². The first-order valence-corrected chi connectivity index (χ1v) is 7.87. The lowest BCUT2D eigenvalue weighted by molar-refractivity contribution is -0.143. The van der Waals surface area contributed by atoms with E-state index in [2.05, 4.69) is 4.98 Å². The van der Waals surface area contributed by atoms with E-state index in [1.54, 1.807) is 12.1 Å². The molecule has 0 amide bonds. The molecule has 0 radical (unpaired) electrons. The van der Waals surface area contributed by atoms with Gasteiger partial charge in [0.1, 0.15) is 0 Å². The largest absolute Gasteiger partial charge is 0.416 e. The second-order valence-electron chi connectivity index (χ2n) is 6.04. The van der Waals surface area contributed by atoms with Crippen molar-refractivity contribution in [2.24, 2.45) is 0 Å². The van der Waals surface area contributed by atoms with Crippen LogP contribution in [0.3, 0.4) is 0 Å². The molecule has 0 aliphatic carbocycles. The zero-order valence-corrected chi connectivity index (χ0v) is 14.0. The molecule has 27 heavy (non-hydrogen) atoms. The van der Waals surface area contributed by atoms with Crippen molar-refractivity contribution in [2.45, 2.75) is 19.3 Å². The van der Waals surface area contributed by atoms with Crippen molar-refractivity contribution in [1.82, 2.24) is 4.98 Å². The maximum atomic E-state index is 13.1. The summed E-state index contributed by atoms with van der Waals surface area (Å²) in [6.45, 7) is 1.84. The maximum absolute atomic E-state index is 13.1. The summed E-state index contributed by atoms with van der Waals surface area (Å²) in [6.07, 6.45) is -8.41. The number of aryl methyl sites for hydroxylation is 1. The number of hydrogen-bond acceptors (Lipinski definition) is 1. The van der Waals surface area contributed by atoms with Crippen molar-refractivity contribution in [3.8, 4) is 22.4 Å². The predicted octanol–water partition coefficient (Wildman–Crippen LogP) is 6.76. The fourth-order valence-electron chi connectivity index (χ4n) is 2.74. The summed E-state index contributed by atoms with van der Waals surface area (Å²) in [5, 5.41) is 0. The summed E-state index contributed by atoms with van der Waals surface area (Å²) in [5.41, 5.74) is -0.529. The van der Waals surface area contributed by atoms with Crippen LogP contribution in [0.1, 0.15) is 16.7 Å². The SMILES string of the molecule is Cc1ccccc1-c1cc(-c2cc(C(F)(F)F)cc(C(F)(F)F)c2)ccn1. The minimum Gasteiger partial charge on any atom is -0.256 e. The number of alkyl halides is 6. The molecule has 0 spiro atoms. The Hall–Kier alpha value is -2.83. The molecular weight excluding hydrogens is 368 g/mol. The van der Waals surface area contributed by atoms with Gasteiger partial charge in [-0.1, -0.05) is 24.3 Å². The molecule has 0 unspecified atom stereocenters. The highest BCUT2D eigenvalue weighted by atomic mass is 19.4. The quantitative estimate of drug-likeness (QED) is 0.447. The second kappa shape index (κ2) is 6.72. The molecule has 1 aromatic heterocycles. The van der Waals surface area contributed by atoms with Crippen LogP contribution >= 0.6 is 0 Å². The van der Waals surface area contributed by atoms with Crippen molar-refractivity contribution in [1.29, 1.82) is 0 Å². The van der Waals surface area contributed by atoms with Crippen molar-refractivity contribution in [2.75, 3.05) is 0 Å². The molecule has 0 atom stereocenters. The molecule has 0 N–H and O–H groups in total. The molecule has 0 saturated carbocycles. The molecule has 0 fully saturated rings. The number of aromatic nitrogens is 1. The minimum absolute atomic E-state index is 0.118. The van der Waals surface area contributed by atoms with Gasteiger partial charge in [-0.15, -0.1) is 0 Å². The average Bonchev–Trinajstić information content (AvgIpc) is 2.60. The monoisotopic (exact) mass is 381 g/mol. The van der Waals surface area contributed by atoms with Gasteiger partial charge in [-0.05, 0) is 53.9 Å². The van der Waals surface area contributed by atoms with E-state index in [0.717, 1.165) is 11.1 Å². The lowest BCUT2D eigenvalue weighted by Gasteiger charge is -2.15. The van der Waals surface area contributed by atoms with E-state index in [4.69, 9.17) is 0 Å². The Balaban J connectivity index is 2.17. The first kappa shape index (κ1) is 18.9. The van der Waals surface area contributed by atoms with Crippen molar-refractivity contribution < 1.29 is 26.3 Å². The van der Waals surface area contributed by atoms with Crippen LogP contribution in [-0.2, 0) is 12.4 Å². The summed E-state index contributed by atoms with van der Waals surface area (Å²) >= 11 is 0. The van der Waals surface area contributed by atoms with Gasteiger partial charge < -0.3 is 0 Å². The standard InChI is InChI=1S/C20H13F6N/c1-12-4-2-3-5-17(12)18-10-13(6-7-27-18)14-8-15(19(21,22)23)11-16(9-14)20(24,25)26/h2-11H,1H3. The topological polar surface area (TPSA) is 12.9 Å². The molecule has 0 saturated heterocycles. The molecule has 0 aliphatic rings. The van der Waals surface area contributed by atoms with Gasteiger partial charge >= 0.3 is 12.4 Å². The van der Waals surface area contributed by atoms with Gasteiger partial charge in [-0.25, -0.2) is 0 Å². The fraction of sp³-hybridized carbons (Fsp3) is 0.150. The number of rotatable bonds is 2. The van der Waals surface area contributed by atoms with Crippen molar-refractivity contribution in [3.63, 3.8) is 0 Å². The Morgan fingerprint density at radius 3 is 1.85 bits per heavy atom. The van der Waals surface area contributed by atoms with E-state index in [0.29, 0.717) is 17.8 Å². The Bertz CT molecular complexity index is 940. The number of pyridine rings is 1. The maximum Gasteiger partial charge on any atom is 0.416 e. The highest BCUT2D eigenvalue weighted by Gasteiger charge is 2.37. The summed E-state index contributed by atoms with van der Waals surface area (Å²) in [6, 6.07) is 11.7. The van der Waals surface area contributed by atoms with E-state index in [-0.39, 0.29) is 17.2 Å². The first-order chi connectivity index (χ1) is 12.6. The highest BCUT2D eigenvalue weighted by Crippen LogP contribution is 2.39.